The van der Waals surface area contributed by atoms with E-state index in [2.05, 4.69) is 43.7 Å². The van der Waals surface area contributed by atoms with E-state index in [9.17, 15) is 0 Å². The number of aryl methyl sites for hydroxylation is 1. The number of hydrogen-bond donors (Lipinski definition) is 0. The molecule has 2 aromatic heterocycles. The third-order valence-corrected chi connectivity index (χ3v) is 2.71. The molecule has 0 saturated heterocycles. The normalized spacial score (nSPS) is 12.0. The summed E-state index contributed by atoms with van der Waals surface area (Å²) in [6, 6.07) is 2.07. The monoisotopic (exact) mass is 214 g/mol. The summed E-state index contributed by atoms with van der Waals surface area (Å²) in [5.41, 5.74) is 3.96. The first kappa shape index (κ1) is 11.1. The van der Waals surface area contributed by atoms with Crippen molar-refractivity contribution in [2.24, 2.45) is 5.41 Å². The van der Waals surface area contributed by atoms with Crippen LogP contribution in [0.3, 0.4) is 0 Å². The molecule has 0 aromatic carbocycles. The summed E-state index contributed by atoms with van der Waals surface area (Å²) in [5, 5.41) is 1.24. The summed E-state index contributed by atoms with van der Waals surface area (Å²) in [6.45, 7) is 8.92. The van der Waals surface area contributed by atoms with Crippen LogP contribution in [0.25, 0.3) is 10.9 Å². The van der Waals surface area contributed by atoms with Crippen molar-refractivity contribution in [3.63, 3.8) is 0 Å². The molecular weight excluding hydrogens is 196 g/mol. The van der Waals surface area contributed by atoms with Gasteiger partial charge in [-0.2, -0.15) is 0 Å². The van der Waals surface area contributed by atoms with Crippen LogP contribution in [-0.4, -0.2) is 9.97 Å². The standard InChI is InChI=1S/C14H18N2/c1-10-8-16-13-9-15-6-5-11(13)12(10)7-14(2,3)4/h5-6,8-9H,7H2,1-4H3. The minimum atomic E-state index is 0.294. The maximum Gasteiger partial charge on any atom is 0.0888 e. The van der Waals surface area contributed by atoms with Crippen molar-refractivity contribution in [3.8, 4) is 0 Å². The third-order valence-electron chi connectivity index (χ3n) is 2.71. The Balaban J connectivity index is 2.62. The average molecular weight is 214 g/mol. The molecule has 2 heteroatoms. The number of hydrogen-bond acceptors (Lipinski definition) is 2. The van der Waals surface area contributed by atoms with Gasteiger partial charge in [0.2, 0.25) is 0 Å². The minimum Gasteiger partial charge on any atom is -0.262 e. The maximum atomic E-state index is 4.41. The summed E-state index contributed by atoms with van der Waals surface area (Å²) in [6.07, 6.45) is 6.70. The van der Waals surface area contributed by atoms with Crippen LogP contribution in [-0.2, 0) is 6.42 Å². The van der Waals surface area contributed by atoms with Crippen LogP contribution in [0, 0.1) is 12.3 Å². The van der Waals surface area contributed by atoms with Crippen LogP contribution >= 0.6 is 0 Å². The van der Waals surface area contributed by atoms with E-state index in [4.69, 9.17) is 0 Å². The van der Waals surface area contributed by atoms with E-state index in [1.165, 1.54) is 16.5 Å². The molecule has 2 rings (SSSR count). The molecule has 0 N–H and O–H groups in total. The smallest absolute Gasteiger partial charge is 0.0888 e. The topological polar surface area (TPSA) is 25.8 Å². The first-order chi connectivity index (χ1) is 7.47. The Morgan fingerprint density at radius 2 is 1.94 bits per heavy atom. The largest absolute Gasteiger partial charge is 0.262 e. The highest BCUT2D eigenvalue weighted by Gasteiger charge is 2.15. The maximum absolute atomic E-state index is 4.41. The second-order valence-electron chi connectivity index (χ2n) is 5.55. The van der Waals surface area contributed by atoms with Gasteiger partial charge in [-0.25, -0.2) is 0 Å². The molecule has 84 valence electrons. The van der Waals surface area contributed by atoms with Gasteiger partial charge in [0.25, 0.3) is 0 Å². The predicted octanol–water partition coefficient (Wildman–Crippen LogP) is 3.53. The Hall–Kier alpha value is -1.44. The lowest BCUT2D eigenvalue weighted by atomic mass is 9.85. The van der Waals surface area contributed by atoms with E-state index in [0.29, 0.717) is 5.41 Å². The van der Waals surface area contributed by atoms with Crippen molar-refractivity contribution in [3.05, 3.63) is 35.8 Å². The fourth-order valence-electron chi connectivity index (χ4n) is 1.97. The van der Waals surface area contributed by atoms with Crippen LogP contribution in [0.4, 0.5) is 0 Å². The quantitative estimate of drug-likeness (QED) is 0.725. The van der Waals surface area contributed by atoms with Crippen LogP contribution in [0.2, 0.25) is 0 Å². The van der Waals surface area contributed by atoms with E-state index < -0.39 is 0 Å². The molecule has 0 aliphatic rings. The van der Waals surface area contributed by atoms with E-state index in [1.807, 2.05) is 18.6 Å². The second-order valence-corrected chi connectivity index (χ2v) is 5.55. The summed E-state index contributed by atoms with van der Waals surface area (Å²) in [4.78, 5) is 8.53. The molecule has 0 bridgehead atoms. The second kappa shape index (κ2) is 3.85. The van der Waals surface area contributed by atoms with Crippen molar-refractivity contribution in [1.29, 1.82) is 0 Å². The first-order valence-corrected chi connectivity index (χ1v) is 5.65. The molecule has 0 fully saturated rings. The van der Waals surface area contributed by atoms with Gasteiger partial charge in [-0.05, 0) is 36.0 Å². The predicted molar refractivity (Wildman–Crippen MR) is 67.4 cm³/mol. The van der Waals surface area contributed by atoms with Crippen molar-refractivity contribution < 1.29 is 0 Å². The van der Waals surface area contributed by atoms with Crippen molar-refractivity contribution in [1.82, 2.24) is 9.97 Å². The molecule has 0 atom stereocenters. The summed E-state index contributed by atoms with van der Waals surface area (Å²) < 4.78 is 0. The molecule has 0 aliphatic carbocycles. The molecule has 0 amide bonds. The average Bonchev–Trinajstić information content (AvgIpc) is 2.21. The van der Waals surface area contributed by atoms with Gasteiger partial charge in [0.15, 0.2) is 0 Å². The molecule has 0 saturated carbocycles. The number of fused-ring (bicyclic) bond motifs is 1. The number of nitrogens with zero attached hydrogens (tertiary/aromatic N) is 2. The zero-order valence-electron chi connectivity index (χ0n) is 10.4. The fourth-order valence-corrected chi connectivity index (χ4v) is 1.97. The van der Waals surface area contributed by atoms with Crippen molar-refractivity contribution in [2.45, 2.75) is 34.1 Å². The van der Waals surface area contributed by atoms with Gasteiger partial charge in [0.1, 0.15) is 0 Å². The Kier molecular flexibility index (Phi) is 2.66. The van der Waals surface area contributed by atoms with Gasteiger partial charge in [-0.1, -0.05) is 20.8 Å². The van der Waals surface area contributed by atoms with E-state index in [0.717, 1.165) is 11.9 Å². The van der Waals surface area contributed by atoms with Crippen LogP contribution in [0.15, 0.2) is 24.7 Å². The lowest BCUT2D eigenvalue weighted by Crippen LogP contribution is -2.11. The molecule has 0 spiro atoms. The fraction of sp³-hybridized carbons (Fsp3) is 0.429. The van der Waals surface area contributed by atoms with Crippen LogP contribution < -0.4 is 0 Å². The molecule has 0 radical (unpaired) electrons. The molecule has 0 aliphatic heterocycles. The summed E-state index contributed by atoms with van der Waals surface area (Å²) in [7, 11) is 0. The van der Waals surface area contributed by atoms with Crippen LogP contribution in [0.5, 0.6) is 0 Å². The Labute approximate surface area is 96.7 Å². The van der Waals surface area contributed by atoms with E-state index in [1.54, 1.807) is 0 Å². The highest BCUT2D eigenvalue weighted by Crippen LogP contribution is 2.27. The SMILES string of the molecule is Cc1cnc2cnccc2c1CC(C)(C)C. The van der Waals surface area contributed by atoms with Gasteiger partial charge in [0, 0.05) is 17.8 Å². The number of pyridine rings is 2. The van der Waals surface area contributed by atoms with E-state index >= 15 is 0 Å². The van der Waals surface area contributed by atoms with Crippen molar-refractivity contribution in [2.75, 3.05) is 0 Å². The molecular formula is C14H18N2. The third kappa shape index (κ3) is 2.21. The molecule has 2 nitrogen and oxygen atoms in total. The highest BCUT2D eigenvalue weighted by atomic mass is 14.7. The van der Waals surface area contributed by atoms with Gasteiger partial charge in [-0.15, -0.1) is 0 Å². The number of rotatable bonds is 1. The molecule has 16 heavy (non-hydrogen) atoms. The summed E-state index contributed by atoms with van der Waals surface area (Å²) >= 11 is 0. The highest BCUT2D eigenvalue weighted by molar-refractivity contribution is 5.82. The minimum absolute atomic E-state index is 0.294. The van der Waals surface area contributed by atoms with Gasteiger partial charge >= 0.3 is 0 Å². The van der Waals surface area contributed by atoms with Gasteiger partial charge in [-0.3, -0.25) is 9.97 Å². The Morgan fingerprint density at radius 1 is 1.19 bits per heavy atom. The summed E-state index contributed by atoms with van der Waals surface area (Å²) in [5.74, 6) is 0. The first-order valence-electron chi connectivity index (χ1n) is 5.65. The van der Waals surface area contributed by atoms with Crippen molar-refractivity contribution >= 4 is 10.9 Å². The Morgan fingerprint density at radius 3 is 2.62 bits per heavy atom. The van der Waals surface area contributed by atoms with E-state index in [-0.39, 0.29) is 0 Å². The molecule has 2 heterocycles. The van der Waals surface area contributed by atoms with Gasteiger partial charge in [0.05, 0.1) is 11.7 Å². The number of aromatic nitrogens is 2. The van der Waals surface area contributed by atoms with Gasteiger partial charge < -0.3 is 0 Å². The lowest BCUT2D eigenvalue weighted by Gasteiger charge is -2.20. The zero-order valence-corrected chi connectivity index (χ0v) is 10.4. The molecule has 2 aromatic rings. The zero-order chi connectivity index (χ0) is 11.8. The lowest BCUT2D eigenvalue weighted by molar-refractivity contribution is 0.411. The van der Waals surface area contributed by atoms with Crippen LogP contribution in [0.1, 0.15) is 31.9 Å². The molecule has 0 unspecified atom stereocenters. The Bertz CT molecular complexity index is 510.